The van der Waals surface area contributed by atoms with Crippen LogP contribution in [0.1, 0.15) is 24.4 Å². The van der Waals surface area contributed by atoms with Crippen LogP contribution in [0.3, 0.4) is 0 Å². The van der Waals surface area contributed by atoms with Crippen molar-refractivity contribution in [3.63, 3.8) is 0 Å². The van der Waals surface area contributed by atoms with E-state index in [4.69, 9.17) is 0 Å². The summed E-state index contributed by atoms with van der Waals surface area (Å²) in [6, 6.07) is 5.09. The maximum atomic E-state index is 12.9. The van der Waals surface area contributed by atoms with Gasteiger partial charge in [0.25, 0.3) is 0 Å². The van der Waals surface area contributed by atoms with Crippen molar-refractivity contribution in [2.24, 2.45) is 0 Å². The third kappa shape index (κ3) is 1.51. The number of alkyl halides is 2. The van der Waals surface area contributed by atoms with Gasteiger partial charge in [0.15, 0.2) is 11.5 Å². The van der Waals surface area contributed by atoms with Crippen molar-refractivity contribution in [2.75, 3.05) is 6.54 Å². The standard InChI is InChI=1S/C11H11F2NO2/c12-11(13)15-9-5-1-3-7(10(9)16-11)8-4-2-6-14-8/h1,3,5,8,14H,2,4,6H2. The molecule has 2 heterocycles. The summed E-state index contributed by atoms with van der Waals surface area (Å²) in [5.74, 6) is 0.295. The molecule has 86 valence electrons. The predicted molar refractivity (Wildman–Crippen MR) is 52.6 cm³/mol. The summed E-state index contributed by atoms with van der Waals surface area (Å²) in [7, 11) is 0. The Morgan fingerprint density at radius 1 is 1.31 bits per heavy atom. The van der Waals surface area contributed by atoms with Gasteiger partial charge in [0.05, 0.1) is 0 Å². The predicted octanol–water partition coefficient (Wildman–Crippen LogP) is 2.43. The summed E-state index contributed by atoms with van der Waals surface area (Å²) in [5.41, 5.74) is 0.757. The second-order valence-corrected chi connectivity index (χ2v) is 3.99. The maximum Gasteiger partial charge on any atom is 0.586 e. The molecule has 16 heavy (non-hydrogen) atoms. The van der Waals surface area contributed by atoms with Crippen molar-refractivity contribution in [2.45, 2.75) is 25.2 Å². The largest absolute Gasteiger partial charge is 0.586 e. The highest BCUT2D eigenvalue weighted by Gasteiger charge is 2.45. The number of ether oxygens (including phenoxy) is 2. The maximum absolute atomic E-state index is 12.9. The first kappa shape index (κ1) is 9.84. The molecule has 1 aromatic rings. The lowest BCUT2D eigenvalue weighted by Crippen LogP contribution is -2.26. The minimum atomic E-state index is -3.53. The Balaban J connectivity index is 1.99. The van der Waals surface area contributed by atoms with Gasteiger partial charge in [0.2, 0.25) is 0 Å². The Morgan fingerprint density at radius 2 is 2.19 bits per heavy atom. The Kier molecular flexibility index (Phi) is 2.04. The fourth-order valence-electron chi connectivity index (χ4n) is 2.21. The number of rotatable bonds is 1. The van der Waals surface area contributed by atoms with E-state index in [-0.39, 0.29) is 17.5 Å². The lowest BCUT2D eigenvalue weighted by molar-refractivity contribution is -0.287. The number of benzene rings is 1. The van der Waals surface area contributed by atoms with E-state index in [0.29, 0.717) is 0 Å². The SMILES string of the molecule is FC1(F)Oc2cccc(C3CCCN3)c2O1. The lowest BCUT2D eigenvalue weighted by Gasteiger charge is -2.13. The first-order valence-electron chi connectivity index (χ1n) is 5.28. The molecule has 3 nitrogen and oxygen atoms in total. The van der Waals surface area contributed by atoms with Crippen LogP contribution in [0.15, 0.2) is 18.2 Å². The van der Waals surface area contributed by atoms with Crippen LogP contribution in [0, 0.1) is 0 Å². The first-order valence-corrected chi connectivity index (χ1v) is 5.28. The van der Waals surface area contributed by atoms with Gasteiger partial charge in [-0.1, -0.05) is 12.1 Å². The first-order chi connectivity index (χ1) is 7.66. The van der Waals surface area contributed by atoms with Gasteiger partial charge in [-0.25, -0.2) is 0 Å². The third-order valence-corrected chi connectivity index (χ3v) is 2.89. The van der Waals surface area contributed by atoms with E-state index in [0.717, 1.165) is 24.9 Å². The summed E-state index contributed by atoms with van der Waals surface area (Å²) in [5, 5.41) is 3.25. The highest BCUT2D eigenvalue weighted by Crippen LogP contribution is 2.46. The van der Waals surface area contributed by atoms with Crippen molar-refractivity contribution in [3.8, 4) is 11.5 Å². The van der Waals surface area contributed by atoms with Crippen LogP contribution in [0.2, 0.25) is 0 Å². The molecule has 0 aliphatic carbocycles. The van der Waals surface area contributed by atoms with Gasteiger partial charge in [0.1, 0.15) is 0 Å². The lowest BCUT2D eigenvalue weighted by atomic mass is 10.0. The molecule has 2 aliphatic heterocycles. The van der Waals surface area contributed by atoms with E-state index >= 15 is 0 Å². The van der Waals surface area contributed by atoms with Crippen molar-refractivity contribution in [1.82, 2.24) is 5.32 Å². The van der Waals surface area contributed by atoms with E-state index in [1.807, 2.05) is 0 Å². The smallest absolute Gasteiger partial charge is 0.395 e. The highest BCUT2D eigenvalue weighted by molar-refractivity contribution is 5.50. The normalized spacial score (nSPS) is 26.0. The van der Waals surface area contributed by atoms with Crippen molar-refractivity contribution < 1.29 is 18.3 Å². The van der Waals surface area contributed by atoms with Crippen LogP contribution in [-0.2, 0) is 0 Å². The minimum absolute atomic E-state index is 0.0902. The average molecular weight is 227 g/mol. The molecule has 1 aromatic carbocycles. The van der Waals surface area contributed by atoms with E-state index in [2.05, 4.69) is 14.8 Å². The van der Waals surface area contributed by atoms with Crippen LogP contribution in [0.5, 0.6) is 11.5 Å². The van der Waals surface area contributed by atoms with E-state index in [1.54, 1.807) is 12.1 Å². The van der Waals surface area contributed by atoms with Crippen molar-refractivity contribution in [3.05, 3.63) is 23.8 Å². The Labute approximate surface area is 91.4 Å². The van der Waals surface area contributed by atoms with Gasteiger partial charge >= 0.3 is 6.29 Å². The molecule has 1 fully saturated rings. The van der Waals surface area contributed by atoms with Gasteiger partial charge in [-0.15, -0.1) is 8.78 Å². The molecule has 5 heteroatoms. The van der Waals surface area contributed by atoms with Crippen LogP contribution >= 0.6 is 0 Å². The molecule has 0 bridgehead atoms. The zero-order valence-electron chi connectivity index (χ0n) is 8.50. The van der Waals surface area contributed by atoms with Gasteiger partial charge in [-0.05, 0) is 25.5 Å². The molecule has 0 aromatic heterocycles. The molecule has 0 spiro atoms. The van der Waals surface area contributed by atoms with Crippen LogP contribution < -0.4 is 14.8 Å². The number of para-hydroxylation sites is 1. The summed E-state index contributed by atoms with van der Waals surface area (Å²) in [4.78, 5) is 0. The monoisotopic (exact) mass is 227 g/mol. The van der Waals surface area contributed by atoms with Crippen molar-refractivity contribution >= 4 is 0 Å². The molecule has 0 saturated carbocycles. The molecule has 2 aliphatic rings. The number of nitrogens with one attached hydrogen (secondary N) is 1. The Morgan fingerprint density at radius 3 is 2.94 bits per heavy atom. The van der Waals surface area contributed by atoms with Gasteiger partial charge < -0.3 is 14.8 Å². The Hall–Kier alpha value is -1.36. The summed E-state index contributed by atoms with van der Waals surface area (Å²) >= 11 is 0. The molecule has 1 atom stereocenters. The second-order valence-electron chi connectivity index (χ2n) is 3.99. The van der Waals surface area contributed by atoms with E-state index in [9.17, 15) is 8.78 Å². The summed E-state index contributed by atoms with van der Waals surface area (Å²) < 4.78 is 34.8. The highest BCUT2D eigenvalue weighted by atomic mass is 19.3. The summed E-state index contributed by atoms with van der Waals surface area (Å²) in [6.45, 7) is 0.908. The third-order valence-electron chi connectivity index (χ3n) is 2.89. The van der Waals surface area contributed by atoms with E-state index in [1.165, 1.54) is 6.07 Å². The van der Waals surface area contributed by atoms with Crippen LogP contribution in [-0.4, -0.2) is 12.8 Å². The fourth-order valence-corrected chi connectivity index (χ4v) is 2.21. The summed E-state index contributed by atoms with van der Waals surface area (Å²) in [6.07, 6.45) is -1.55. The van der Waals surface area contributed by atoms with E-state index < -0.39 is 6.29 Å². The zero-order chi connectivity index (χ0) is 11.2. The molecule has 0 radical (unpaired) electrons. The number of fused-ring (bicyclic) bond motifs is 1. The van der Waals surface area contributed by atoms with Crippen LogP contribution in [0.25, 0.3) is 0 Å². The molecule has 1 N–H and O–H groups in total. The molecule has 3 rings (SSSR count). The molecule has 1 saturated heterocycles. The topological polar surface area (TPSA) is 30.5 Å². The van der Waals surface area contributed by atoms with Crippen molar-refractivity contribution in [1.29, 1.82) is 0 Å². The van der Waals surface area contributed by atoms with Gasteiger partial charge in [-0.3, -0.25) is 0 Å². The number of halogens is 2. The average Bonchev–Trinajstić information content (AvgIpc) is 2.80. The number of hydrogen-bond donors (Lipinski definition) is 1. The second kappa shape index (κ2) is 3.31. The quantitative estimate of drug-likeness (QED) is 0.799. The van der Waals surface area contributed by atoms with Gasteiger partial charge in [0, 0.05) is 11.6 Å². The number of hydrogen-bond acceptors (Lipinski definition) is 3. The molecule has 0 amide bonds. The van der Waals surface area contributed by atoms with Gasteiger partial charge in [-0.2, -0.15) is 0 Å². The van der Waals surface area contributed by atoms with Crippen LogP contribution in [0.4, 0.5) is 8.78 Å². The Bertz CT molecular complexity index is 416. The minimum Gasteiger partial charge on any atom is -0.395 e. The zero-order valence-corrected chi connectivity index (χ0v) is 8.50. The molecule has 1 unspecified atom stereocenters. The molecular formula is C11H11F2NO2. The fraction of sp³-hybridized carbons (Fsp3) is 0.455. The molecular weight excluding hydrogens is 216 g/mol.